The zero-order valence-electron chi connectivity index (χ0n) is 11.9. The van der Waals surface area contributed by atoms with E-state index in [1.807, 2.05) is 44.2 Å². The van der Waals surface area contributed by atoms with E-state index in [-0.39, 0.29) is 17.9 Å². The Bertz CT molecular complexity index is 490. The number of nitrogens with one attached hydrogen (secondary N) is 1. The maximum absolute atomic E-state index is 12.3. The summed E-state index contributed by atoms with van der Waals surface area (Å²) in [6, 6.07) is 9.92. The molecule has 0 spiro atoms. The van der Waals surface area contributed by atoms with Crippen LogP contribution in [0, 0.1) is 11.3 Å². The molecule has 1 aliphatic rings. The van der Waals surface area contributed by atoms with Gasteiger partial charge >= 0.3 is 5.97 Å². The summed E-state index contributed by atoms with van der Waals surface area (Å²) in [7, 11) is 0. The van der Waals surface area contributed by atoms with Gasteiger partial charge in [0.05, 0.1) is 5.92 Å². The van der Waals surface area contributed by atoms with Crippen molar-refractivity contribution in [2.75, 3.05) is 0 Å². The maximum Gasteiger partial charge on any atom is 0.306 e. The molecule has 2 N–H and O–H groups in total. The third-order valence-electron chi connectivity index (χ3n) is 3.93. The van der Waals surface area contributed by atoms with E-state index in [9.17, 15) is 9.59 Å². The highest BCUT2D eigenvalue weighted by Crippen LogP contribution is 2.29. The molecule has 2 rings (SSSR count). The lowest BCUT2D eigenvalue weighted by Gasteiger charge is -2.35. The molecule has 4 heteroatoms. The molecule has 1 aromatic rings. The smallest absolute Gasteiger partial charge is 0.306 e. The number of rotatable bonds is 5. The van der Waals surface area contributed by atoms with Gasteiger partial charge in [0.15, 0.2) is 0 Å². The van der Waals surface area contributed by atoms with Crippen LogP contribution in [0.25, 0.3) is 0 Å². The van der Waals surface area contributed by atoms with Gasteiger partial charge in [0.1, 0.15) is 0 Å². The van der Waals surface area contributed by atoms with Crippen molar-refractivity contribution in [3.05, 3.63) is 35.9 Å². The number of carboxylic acids is 1. The minimum atomic E-state index is -0.765. The minimum absolute atomic E-state index is 0.00445. The summed E-state index contributed by atoms with van der Waals surface area (Å²) in [5, 5.41) is 11.8. The van der Waals surface area contributed by atoms with Crippen LogP contribution in [0.4, 0.5) is 0 Å². The lowest BCUT2D eigenvalue weighted by molar-refractivity contribution is -0.146. The van der Waals surface area contributed by atoms with Gasteiger partial charge in [-0.05, 0) is 24.8 Å². The van der Waals surface area contributed by atoms with E-state index >= 15 is 0 Å². The molecule has 1 fully saturated rings. The van der Waals surface area contributed by atoms with Gasteiger partial charge in [-0.2, -0.15) is 0 Å². The predicted molar refractivity (Wildman–Crippen MR) is 76.2 cm³/mol. The van der Waals surface area contributed by atoms with Gasteiger partial charge < -0.3 is 10.4 Å². The van der Waals surface area contributed by atoms with Crippen molar-refractivity contribution in [2.24, 2.45) is 11.3 Å². The first kappa shape index (κ1) is 14.6. The Hall–Kier alpha value is -1.84. The van der Waals surface area contributed by atoms with Crippen molar-refractivity contribution in [2.45, 2.75) is 39.2 Å². The normalized spacial score (nSPS) is 21.9. The van der Waals surface area contributed by atoms with Gasteiger partial charge in [-0.1, -0.05) is 44.2 Å². The van der Waals surface area contributed by atoms with Crippen LogP contribution in [-0.2, 0) is 16.0 Å². The number of hydrogen-bond donors (Lipinski definition) is 2. The second-order valence-electron chi connectivity index (χ2n) is 6.22. The third-order valence-corrected chi connectivity index (χ3v) is 3.93. The van der Waals surface area contributed by atoms with Crippen LogP contribution in [0.5, 0.6) is 0 Å². The average Bonchev–Trinajstić information content (AvgIpc) is 2.33. The Morgan fingerprint density at radius 2 is 1.85 bits per heavy atom. The first-order valence-corrected chi connectivity index (χ1v) is 6.96. The fraction of sp³-hybridized carbons (Fsp3) is 0.500. The molecule has 0 saturated heterocycles. The summed E-state index contributed by atoms with van der Waals surface area (Å²) < 4.78 is 0. The lowest BCUT2D eigenvalue weighted by Crippen LogP contribution is -2.50. The highest BCUT2D eigenvalue weighted by molar-refractivity contribution is 5.83. The minimum Gasteiger partial charge on any atom is -0.481 e. The Morgan fingerprint density at radius 3 is 2.40 bits per heavy atom. The van der Waals surface area contributed by atoms with Gasteiger partial charge in [-0.25, -0.2) is 0 Å². The quantitative estimate of drug-likeness (QED) is 0.866. The van der Waals surface area contributed by atoms with Crippen molar-refractivity contribution in [3.8, 4) is 0 Å². The van der Waals surface area contributed by atoms with Crippen LogP contribution in [0.1, 0.15) is 32.3 Å². The van der Waals surface area contributed by atoms with Crippen LogP contribution in [0.15, 0.2) is 30.3 Å². The van der Waals surface area contributed by atoms with Crippen LogP contribution < -0.4 is 5.32 Å². The molecular weight excluding hydrogens is 254 g/mol. The Labute approximate surface area is 119 Å². The Balaban J connectivity index is 1.87. The van der Waals surface area contributed by atoms with Crippen LogP contribution in [0.3, 0.4) is 0 Å². The molecule has 0 bridgehead atoms. The summed E-state index contributed by atoms with van der Waals surface area (Å²) in [6.07, 6.45) is 1.76. The average molecular weight is 275 g/mol. The molecular formula is C16H21NO3. The number of hydrogen-bond acceptors (Lipinski definition) is 2. The van der Waals surface area contributed by atoms with Crippen molar-refractivity contribution in [3.63, 3.8) is 0 Å². The van der Waals surface area contributed by atoms with Gasteiger partial charge in [-0.3, -0.25) is 9.59 Å². The SMILES string of the molecule is CC(C)(Cc1ccccc1)C(=O)NC1CC(C(=O)O)C1. The van der Waals surface area contributed by atoms with E-state index in [0.717, 1.165) is 5.56 Å². The van der Waals surface area contributed by atoms with E-state index < -0.39 is 11.4 Å². The first-order chi connectivity index (χ1) is 9.38. The number of amides is 1. The number of benzene rings is 1. The molecule has 0 heterocycles. The summed E-state index contributed by atoms with van der Waals surface area (Å²) in [5.41, 5.74) is 0.639. The molecule has 108 valence electrons. The van der Waals surface area contributed by atoms with E-state index in [0.29, 0.717) is 19.3 Å². The molecule has 1 aliphatic carbocycles. The summed E-state index contributed by atoms with van der Waals surface area (Å²) in [5.74, 6) is -1.06. The molecule has 1 amide bonds. The van der Waals surface area contributed by atoms with E-state index in [1.54, 1.807) is 0 Å². The van der Waals surface area contributed by atoms with E-state index in [2.05, 4.69) is 5.32 Å². The Morgan fingerprint density at radius 1 is 1.25 bits per heavy atom. The molecule has 1 aromatic carbocycles. The highest BCUT2D eigenvalue weighted by Gasteiger charge is 2.38. The molecule has 0 radical (unpaired) electrons. The lowest BCUT2D eigenvalue weighted by atomic mass is 9.78. The zero-order chi connectivity index (χ0) is 14.8. The molecule has 0 aromatic heterocycles. The number of carboxylic acid groups (broad SMARTS) is 1. The van der Waals surface area contributed by atoms with Crippen molar-refractivity contribution >= 4 is 11.9 Å². The zero-order valence-corrected chi connectivity index (χ0v) is 11.9. The monoisotopic (exact) mass is 275 g/mol. The molecule has 20 heavy (non-hydrogen) atoms. The maximum atomic E-state index is 12.3. The number of carbonyl (C=O) groups is 2. The van der Waals surface area contributed by atoms with E-state index in [4.69, 9.17) is 5.11 Å². The number of carbonyl (C=O) groups excluding carboxylic acids is 1. The molecule has 4 nitrogen and oxygen atoms in total. The fourth-order valence-corrected chi connectivity index (χ4v) is 2.50. The van der Waals surface area contributed by atoms with Crippen LogP contribution >= 0.6 is 0 Å². The van der Waals surface area contributed by atoms with Crippen LogP contribution in [0.2, 0.25) is 0 Å². The molecule has 1 saturated carbocycles. The second kappa shape index (κ2) is 5.65. The molecule has 0 aliphatic heterocycles. The fourth-order valence-electron chi connectivity index (χ4n) is 2.50. The molecule has 0 atom stereocenters. The Kier molecular flexibility index (Phi) is 4.12. The third kappa shape index (κ3) is 3.38. The van der Waals surface area contributed by atoms with Crippen molar-refractivity contribution in [1.29, 1.82) is 0 Å². The van der Waals surface area contributed by atoms with Crippen molar-refractivity contribution < 1.29 is 14.7 Å². The highest BCUT2D eigenvalue weighted by atomic mass is 16.4. The standard InChI is InChI=1S/C16H21NO3/c1-16(2,10-11-6-4-3-5-7-11)15(20)17-13-8-12(9-13)14(18)19/h3-7,12-13H,8-10H2,1-2H3,(H,17,20)(H,18,19). The predicted octanol–water partition coefficient (Wildman–Crippen LogP) is 2.23. The second-order valence-corrected chi connectivity index (χ2v) is 6.22. The van der Waals surface area contributed by atoms with Gasteiger partial charge in [0.25, 0.3) is 0 Å². The summed E-state index contributed by atoms with van der Waals surface area (Å²) >= 11 is 0. The summed E-state index contributed by atoms with van der Waals surface area (Å²) in [6.45, 7) is 3.84. The molecule has 0 unspecified atom stereocenters. The van der Waals surface area contributed by atoms with Gasteiger partial charge in [-0.15, -0.1) is 0 Å². The first-order valence-electron chi connectivity index (χ1n) is 6.96. The van der Waals surface area contributed by atoms with Gasteiger partial charge in [0.2, 0.25) is 5.91 Å². The van der Waals surface area contributed by atoms with E-state index in [1.165, 1.54) is 0 Å². The largest absolute Gasteiger partial charge is 0.481 e. The summed E-state index contributed by atoms with van der Waals surface area (Å²) in [4.78, 5) is 23.0. The number of aliphatic carboxylic acids is 1. The van der Waals surface area contributed by atoms with Crippen LogP contribution in [-0.4, -0.2) is 23.0 Å². The van der Waals surface area contributed by atoms with Gasteiger partial charge in [0, 0.05) is 11.5 Å². The topological polar surface area (TPSA) is 66.4 Å². The van der Waals surface area contributed by atoms with Crippen molar-refractivity contribution in [1.82, 2.24) is 5.32 Å².